The van der Waals surface area contributed by atoms with Crippen molar-refractivity contribution in [2.24, 2.45) is 4.99 Å². The van der Waals surface area contributed by atoms with Crippen molar-refractivity contribution in [2.45, 2.75) is 6.92 Å². The number of rotatable bonds is 0. The normalized spacial score (nSPS) is 16.7. The van der Waals surface area contributed by atoms with E-state index < -0.39 is 0 Å². The minimum absolute atomic E-state index is 0.0408. The quantitative estimate of drug-likeness (QED) is 0.682. The van der Waals surface area contributed by atoms with Crippen molar-refractivity contribution in [3.63, 3.8) is 0 Å². The Labute approximate surface area is 128 Å². The van der Waals surface area contributed by atoms with E-state index in [9.17, 15) is 4.79 Å². The molecule has 0 spiro atoms. The van der Waals surface area contributed by atoms with Gasteiger partial charge in [0.25, 0.3) is 5.91 Å². The molecule has 0 unspecified atom stereocenters. The molecule has 0 N–H and O–H groups in total. The van der Waals surface area contributed by atoms with Gasteiger partial charge >= 0.3 is 0 Å². The van der Waals surface area contributed by atoms with Crippen LogP contribution >= 0.6 is 0 Å². The summed E-state index contributed by atoms with van der Waals surface area (Å²) in [5, 5.41) is 0. The standard InChI is InChI=1S/C19H12N2O/c1-3-7-15-17-12(2)8-6-11-16(17)21-18(20-15)13-9-4-5-10-14(13)19(21)22/h1,4-11H,2H3/b15-7+. The molecule has 0 radical (unpaired) electrons. The summed E-state index contributed by atoms with van der Waals surface area (Å²) in [4.78, 5) is 19.1. The maximum atomic E-state index is 12.8. The highest BCUT2D eigenvalue weighted by Crippen LogP contribution is 2.40. The zero-order valence-electron chi connectivity index (χ0n) is 12.0. The Kier molecular flexibility index (Phi) is 2.54. The van der Waals surface area contributed by atoms with Crippen LogP contribution in [0.5, 0.6) is 0 Å². The van der Waals surface area contributed by atoms with Gasteiger partial charge in [-0.05, 0) is 24.6 Å². The number of hydrogen-bond acceptors (Lipinski definition) is 2. The Morgan fingerprint density at radius 1 is 1.14 bits per heavy atom. The number of aryl methyl sites for hydroxylation is 1. The molecule has 4 rings (SSSR count). The number of fused-ring (bicyclic) bond motifs is 5. The SMILES string of the molecule is C#C/C=C1/N=C2c3ccccc3C(=O)N2c2cccc(C)c21. The summed E-state index contributed by atoms with van der Waals surface area (Å²) < 4.78 is 0. The van der Waals surface area contributed by atoms with Gasteiger partial charge in [-0.2, -0.15) is 0 Å². The van der Waals surface area contributed by atoms with E-state index in [-0.39, 0.29) is 5.91 Å². The van der Waals surface area contributed by atoms with Gasteiger partial charge in [0.15, 0.2) is 0 Å². The number of carbonyl (C=O) groups excluding carboxylic acids is 1. The maximum Gasteiger partial charge on any atom is 0.264 e. The number of terminal acetylenes is 1. The van der Waals surface area contributed by atoms with Gasteiger partial charge < -0.3 is 0 Å². The second-order valence-corrected chi connectivity index (χ2v) is 5.29. The molecule has 2 aromatic carbocycles. The van der Waals surface area contributed by atoms with Gasteiger partial charge in [0.2, 0.25) is 0 Å². The number of hydrogen-bond donors (Lipinski definition) is 0. The van der Waals surface area contributed by atoms with E-state index >= 15 is 0 Å². The molecule has 2 heterocycles. The first-order valence-corrected chi connectivity index (χ1v) is 7.01. The fourth-order valence-corrected chi connectivity index (χ4v) is 3.06. The molecule has 0 bridgehead atoms. The average Bonchev–Trinajstić information content (AvgIpc) is 2.81. The van der Waals surface area contributed by atoms with Crippen LogP contribution in [0.2, 0.25) is 0 Å². The fraction of sp³-hybridized carbons (Fsp3) is 0.0526. The number of allylic oxidation sites excluding steroid dienone is 1. The first kappa shape index (κ1) is 12.6. The molecule has 3 heteroatoms. The predicted molar refractivity (Wildman–Crippen MR) is 87.8 cm³/mol. The second kappa shape index (κ2) is 4.44. The van der Waals surface area contributed by atoms with Crippen molar-refractivity contribution in [2.75, 3.05) is 4.90 Å². The van der Waals surface area contributed by atoms with E-state index in [4.69, 9.17) is 6.42 Å². The van der Waals surface area contributed by atoms with Gasteiger partial charge in [-0.15, -0.1) is 6.42 Å². The Hall–Kier alpha value is -3.12. The third kappa shape index (κ3) is 1.52. The van der Waals surface area contributed by atoms with Crippen LogP contribution < -0.4 is 4.90 Å². The molecule has 2 aliphatic rings. The summed E-state index contributed by atoms with van der Waals surface area (Å²) in [5.74, 6) is 3.16. The van der Waals surface area contributed by atoms with Crippen molar-refractivity contribution < 1.29 is 4.79 Å². The van der Waals surface area contributed by atoms with E-state index in [0.29, 0.717) is 11.4 Å². The number of carbonyl (C=O) groups is 1. The van der Waals surface area contributed by atoms with Gasteiger partial charge in [0, 0.05) is 17.2 Å². The largest absolute Gasteiger partial charge is 0.268 e. The summed E-state index contributed by atoms with van der Waals surface area (Å²) in [6.07, 6.45) is 7.10. The molecule has 0 saturated heterocycles. The molecule has 0 aromatic heterocycles. The van der Waals surface area contributed by atoms with Crippen LogP contribution in [0.15, 0.2) is 53.5 Å². The van der Waals surface area contributed by atoms with E-state index in [1.54, 1.807) is 11.0 Å². The molecule has 0 saturated carbocycles. The Bertz CT molecular complexity index is 929. The highest BCUT2D eigenvalue weighted by atomic mass is 16.2. The minimum atomic E-state index is -0.0408. The maximum absolute atomic E-state index is 12.8. The Morgan fingerprint density at radius 3 is 2.68 bits per heavy atom. The third-order valence-electron chi connectivity index (χ3n) is 4.01. The number of anilines is 1. The molecule has 0 fully saturated rings. The number of amidine groups is 1. The summed E-state index contributed by atoms with van der Waals surface area (Å²) >= 11 is 0. The van der Waals surface area contributed by atoms with Crippen LogP contribution in [0.3, 0.4) is 0 Å². The summed E-state index contributed by atoms with van der Waals surface area (Å²) in [6, 6.07) is 13.4. The van der Waals surface area contributed by atoms with Gasteiger partial charge in [-0.25, -0.2) is 4.99 Å². The topological polar surface area (TPSA) is 32.7 Å². The van der Waals surface area contributed by atoms with Gasteiger partial charge in [0.05, 0.1) is 16.9 Å². The van der Waals surface area contributed by atoms with Crippen molar-refractivity contribution in [3.05, 3.63) is 70.8 Å². The Balaban J connectivity index is 2.07. The monoisotopic (exact) mass is 284 g/mol. The van der Waals surface area contributed by atoms with E-state index in [0.717, 1.165) is 28.1 Å². The lowest BCUT2D eigenvalue weighted by molar-refractivity contribution is 0.101. The molecule has 0 atom stereocenters. The minimum Gasteiger partial charge on any atom is -0.268 e. The van der Waals surface area contributed by atoms with Crippen molar-refractivity contribution in [1.82, 2.24) is 0 Å². The highest BCUT2D eigenvalue weighted by Gasteiger charge is 2.38. The second-order valence-electron chi connectivity index (χ2n) is 5.29. The van der Waals surface area contributed by atoms with Crippen LogP contribution in [0, 0.1) is 19.3 Å². The lowest BCUT2D eigenvalue weighted by atomic mass is 10.0. The van der Waals surface area contributed by atoms with Gasteiger partial charge in [-0.1, -0.05) is 36.3 Å². The molecular formula is C19H12N2O. The third-order valence-corrected chi connectivity index (χ3v) is 4.01. The molecule has 0 aliphatic carbocycles. The molecule has 22 heavy (non-hydrogen) atoms. The molecule has 104 valence electrons. The fourth-order valence-electron chi connectivity index (χ4n) is 3.06. The number of aliphatic imine (C=N–C) groups is 1. The zero-order valence-corrected chi connectivity index (χ0v) is 12.0. The zero-order chi connectivity index (χ0) is 15.3. The Morgan fingerprint density at radius 2 is 1.91 bits per heavy atom. The van der Waals surface area contributed by atoms with Crippen LogP contribution in [0.1, 0.15) is 27.0 Å². The van der Waals surface area contributed by atoms with Crippen LogP contribution in [0.25, 0.3) is 5.70 Å². The summed E-state index contributed by atoms with van der Waals surface area (Å²) in [5.41, 5.74) is 5.06. The highest BCUT2D eigenvalue weighted by molar-refractivity contribution is 6.38. The summed E-state index contributed by atoms with van der Waals surface area (Å²) in [6.45, 7) is 2.00. The number of amides is 1. The van der Waals surface area contributed by atoms with Crippen molar-refractivity contribution >= 4 is 23.1 Å². The lowest BCUT2D eigenvalue weighted by Gasteiger charge is -2.26. The van der Waals surface area contributed by atoms with E-state index in [1.165, 1.54) is 0 Å². The van der Waals surface area contributed by atoms with Gasteiger partial charge in [0.1, 0.15) is 5.84 Å². The lowest BCUT2D eigenvalue weighted by Crippen LogP contribution is -2.33. The molecule has 2 aromatic rings. The van der Waals surface area contributed by atoms with Gasteiger partial charge in [-0.3, -0.25) is 9.69 Å². The number of nitrogens with zero attached hydrogens (tertiary/aromatic N) is 2. The molecule has 1 amide bonds. The number of benzene rings is 2. The van der Waals surface area contributed by atoms with Crippen LogP contribution in [-0.2, 0) is 0 Å². The van der Waals surface area contributed by atoms with E-state index in [2.05, 4.69) is 10.9 Å². The molecular weight excluding hydrogens is 272 g/mol. The first-order valence-electron chi connectivity index (χ1n) is 7.01. The molecule has 3 nitrogen and oxygen atoms in total. The molecule has 2 aliphatic heterocycles. The van der Waals surface area contributed by atoms with Crippen molar-refractivity contribution in [1.29, 1.82) is 0 Å². The summed E-state index contributed by atoms with van der Waals surface area (Å²) in [7, 11) is 0. The smallest absolute Gasteiger partial charge is 0.264 e. The van der Waals surface area contributed by atoms with Crippen LogP contribution in [0.4, 0.5) is 5.69 Å². The van der Waals surface area contributed by atoms with Crippen LogP contribution in [-0.4, -0.2) is 11.7 Å². The van der Waals surface area contributed by atoms with Crippen molar-refractivity contribution in [3.8, 4) is 12.3 Å². The first-order chi connectivity index (χ1) is 10.7. The predicted octanol–water partition coefficient (Wildman–Crippen LogP) is 3.39. The average molecular weight is 284 g/mol. The van der Waals surface area contributed by atoms with E-state index in [1.807, 2.05) is 49.4 Å².